The molecule has 2 saturated heterocycles. The van der Waals surface area contributed by atoms with Crippen LogP contribution in [-0.2, 0) is 14.9 Å². The average molecular weight is 378 g/mol. The van der Waals surface area contributed by atoms with Crippen molar-refractivity contribution in [1.29, 1.82) is 0 Å². The molecule has 6 nitrogen and oxygen atoms in total. The standard InChI is InChI=1S/C19H26N2O4S/c22-18(10-15-11-26-8-5-20-15)21-12-19(3-6-23-7-4-19)14-1-2-16-17(9-14)25-13-24-16/h1-2,9,15,20H,3-8,10-13H2,(H,21,22). The highest BCUT2D eigenvalue weighted by Gasteiger charge is 2.36. The number of carbonyl (C=O) groups excluding carboxylic acids is 1. The van der Waals surface area contributed by atoms with Crippen molar-refractivity contribution in [2.75, 3.05) is 44.6 Å². The molecule has 2 fully saturated rings. The zero-order valence-corrected chi connectivity index (χ0v) is 15.7. The van der Waals surface area contributed by atoms with Gasteiger partial charge in [-0.25, -0.2) is 0 Å². The monoisotopic (exact) mass is 378 g/mol. The van der Waals surface area contributed by atoms with Gasteiger partial charge in [-0.2, -0.15) is 11.8 Å². The van der Waals surface area contributed by atoms with Crippen molar-refractivity contribution in [2.45, 2.75) is 30.7 Å². The molecule has 1 atom stereocenters. The van der Waals surface area contributed by atoms with E-state index in [9.17, 15) is 4.79 Å². The molecule has 0 spiro atoms. The van der Waals surface area contributed by atoms with E-state index in [2.05, 4.69) is 22.8 Å². The van der Waals surface area contributed by atoms with Gasteiger partial charge in [-0.05, 0) is 30.5 Å². The van der Waals surface area contributed by atoms with Crippen LogP contribution in [0.25, 0.3) is 0 Å². The fourth-order valence-corrected chi connectivity index (χ4v) is 4.82. The molecule has 1 amide bonds. The third kappa shape index (κ3) is 3.94. The number of benzene rings is 1. The summed E-state index contributed by atoms with van der Waals surface area (Å²) in [5.41, 5.74) is 1.08. The van der Waals surface area contributed by atoms with Crippen LogP contribution in [0.3, 0.4) is 0 Å². The molecule has 3 aliphatic rings. The molecule has 1 unspecified atom stereocenters. The number of amides is 1. The van der Waals surface area contributed by atoms with Crippen LogP contribution in [0.2, 0.25) is 0 Å². The molecule has 1 aromatic carbocycles. The third-order valence-corrected chi connectivity index (χ3v) is 6.62. The third-order valence-electron chi connectivity index (χ3n) is 5.49. The molecule has 0 saturated carbocycles. The first-order valence-electron chi connectivity index (χ1n) is 9.31. The molecule has 0 bridgehead atoms. The van der Waals surface area contributed by atoms with Crippen molar-refractivity contribution in [2.24, 2.45) is 0 Å². The molecule has 3 aliphatic heterocycles. The molecule has 7 heteroatoms. The normalized spacial score (nSPS) is 24.2. The Labute approximate surface area is 158 Å². The first-order valence-corrected chi connectivity index (χ1v) is 10.5. The van der Waals surface area contributed by atoms with Gasteiger partial charge >= 0.3 is 0 Å². The molecule has 1 aromatic rings. The summed E-state index contributed by atoms with van der Waals surface area (Å²) < 4.78 is 16.6. The number of ether oxygens (including phenoxy) is 3. The van der Waals surface area contributed by atoms with Crippen molar-refractivity contribution in [3.8, 4) is 11.5 Å². The molecule has 26 heavy (non-hydrogen) atoms. The van der Waals surface area contributed by atoms with Gasteiger partial charge < -0.3 is 24.8 Å². The maximum Gasteiger partial charge on any atom is 0.231 e. The number of thioether (sulfide) groups is 1. The second kappa shape index (κ2) is 8.06. The van der Waals surface area contributed by atoms with Crippen LogP contribution in [-0.4, -0.2) is 56.6 Å². The lowest BCUT2D eigenvalue weighted by atomic mass is 9.74. The van der Waals surface area contributed by atoms with Crippen LogP contribution < -0.4 is 20.1 Å². The second-order valence-electron chi connectivity index (χ2n) is 7.17. The molecular weight excluding hydrogens is 352 g/mol. The van der Waals surface area contributed by atoms with Crippen molar-refractivity contribution in [1.82, 2.24) is 10.6 Å². The summed E-state index contributed by atoms with van der Waals surface area (Å²) in [6.45, 7) is 3.32. The molecule has 142 valence electrons. The Morgan fingerprint density at radius 3 is 2.92 bits per heavy atom. The van der Waals surface area contributed by atoms with Crippen LogP contribution in [0.1, 0.15) is 24.8 Å². The topological polar surface area (TPSA) is 68.8 Å². The Bertz CT molecular complexity index is 642. The zero-order chi connectivity index (χ0) is 17.8. The van der Waals surface area contributed by atoms with Crippen LogP contribution in [0.5, 0.6) is 11.5 Å². The Hall–Kier alpha value is -1.44. The summed E-state index contributed by atoms with van der Waals surface area (Å²) in [5, 5.41) is 6.62. The van der Waals surface area contributed by atoms with Crippen molar-refractivity contribution in [3.63, 3.8) is 0 Å². The van der Waals surface area contributed by atoms with Gasteiger partial charge in [-0.3, -0.25) is 4.79 Å². The number of carbonyl (C=O) groups is 1. The van der Waals surface area contributed by atoms with E-state index >= 15 is 0 Å². The quantitative estimate of drug-likeness (QED) is 0.813. The van der Waals surface area contributed by atoms with Crippen molar-refractivity contribution < 1.29 is 19.0 Å². The smallest absolute Gasteiger partial charge is 0.231 e. The maximum absolute atomic E-state index is 12.5. The van der Waals surface area contributed by atoms with Crippen molar-refractivity contribution in [3.05, 3.63) is 23.8 Å². The van der Waals surface area contributed by atoms with E-state index in [1.54, 1.807) is 0 Å². The highest BCUT2D eigenvalue weighted by molar-refractivity contribution is 7.99. The van der Waals surface area contributed by atoms with E-state index in [1.807, 2.05) is 17.8 Å². The maximum atomic E-state index is 12.5. The van der Waals surface area contributed by atoms with Crippen LogP contribution in [0, 0.1) is 0 Å². The molecule has 0 aliphatic carbocycles. The van der Waals surface area contributed by atoms with E-state index < -0.39 is 0 Å². The Morgan fingerprint density at radius 1 is 1.27 bits per heavy atom. The molecule has 0 aromatic heterocycles. The predicted octanol–water partition coefficient (Wildman–Crippen LogP) is 1.67. The van der Waals surface area contributed by atoms with Gasteiger partial charge in [-0.1, -0.05) is 6.07 Å². The molecular formula is C19H26N2O4S. The van der Waals surface area contributed by atoms with Gasteiger partial charge in [0.25, 0.3) is 0 Å². The van der Waals surface area contributed by atoms with Crippen molar-refractivity contribution >= 4 is 17.7 Å². The summed E-state index contributed by atoms with van der Waals surface area (Å²) in [4.78, 5) is 12.5. The second-order valence-corrected chi connectivity index (χ2v) is 8.32. The van der Waals surface area contributed by atoms with Crippen LogP contribution in [0.4, 0.5) is 0 Å². The minimum absolute atomic E-state index is 0.108. The van der Waals surface area contributed by atoms with Gasteiger partial charge in [0.2, 0.25) is 12.7 Å². The lowest BCUT2D eigenvalue weighted by molar-refractivity contribution is -0.122. The van der Waals surface area contributed by atoms with Gasteiger partial charge in [-0.15, -0.1) is 0 Å². The lowest BCUT2D eigenvalue weighted by Gasteiger charge is -2.38. The lowest BCUT2D eigenvalue weighted by Crippen LogP contribution is -2.47. The number of rotatable bonds is 5. The van der Waals surface area contributed by atoms with Crippen LogP contribution >= 0.6 is 11.8 Å². The first-order chi connectivity index (χ1) is 12.8. The van der Waals surface area contributed by atoms with E-state index in [1.165, 1.54) is 5.56 Å². The SMILES string of the molecule is O=C(CC1CSCCN1)NCC1(c2ccc3c(c2)OCO3)CCOCC1. The fraction of sp³-hybridized carbons (Fsp3) is 0.632. The highest BCUT2D eigenvalue weighted by atomic mass is 32.2. The Balaban J connectivity index is 1.43. The summed E-state index contributed by atoms with van der Waals surface area (Å²) in [7, 11) is 0. The molecule has 2 N–H and O–H groups in total. The van der Waals surface area contributed by atoms with Gasteiger partial charge in [0, 0.05) is 55.7 Å². The Kier molecular flexibility index (Phi) is 5.57. The predicted molar refractivity (Wildman–Crippen MR) is 101 cm³/mol. The largest absolute Gasteiger partial charge is 0.454 e. The highest BCUT2D eigenvalue weighted by Crippen LogP contribution is 2.40. The zero-order valence-electron chi connectivity index (χ0n) is 14.9. The minimum atomic E-state index is -0.108. The van der Waals surface area contributed by atoms with Gasteiger partial charge in [0.15, 0.2) is 11.5 Å². The Morgan fingerprint density at radius 2 is 2.12 bits per heavy atom. The average Bonchev–Trinajstić information content (AvgIpc) is 3.16. The summed E-state index contributed by atoms with van der Waals surface area (Å²) in [6.07, 6.45) is 2.33. The van der Waals surface area contributed by atoms with Gasteiger partial charge in [0.05, 0.1) is 0 Å². The van der Waals surface area contributed by atoms with E-state index in [4.69, 9.17) is 14.2 Å². The molecule has 4 rings (SSSR count). The molecule has 0 radical (unpaired) electrons. The van der Waals surface area contributed by atoms with Gasteiger partial charge in [0.1, 0.15) is 0 Å². The summed E-state index contributed by atoms with van der Waals surface area (Å²) >= 11 is 1.91. The fourth-order valence-electron chi connectivity index (χ4n) is 3.87. The minimum Gasteiger partial charge on any atom is -0.454 e. The van der Waals surface area contributed by atoms with E-state index in [0.717, 1.165) is 42.4 Å². The number of hydrogen-bond donors (Lipinski definition) is 2. The number of hydrogen-bond acceptors (Lipinski definition) is 6. The summed E-state index contributed by atoms with van der Waals surface area (Å²) in [6, 6.07) is 6.42. The van der Waals surface area contributed by atoms with Crippen LogP contribution in [0.15, 0.2) is 18.2 Å². The number of fused-ring (bicyclic) bond motifs is 1. The summed E-state index contributed by atoms with van der Waals surface area (Å²) in [5.74, 6) is 3.85. The first kappa shape index (κ1) is 17.9. The van der Waals surface area contributed by atoms with E-state index in [0.29, 0.717) is 26.2 Å². The van der Waals surface area contributed by atoms with E-state index in [-0.39, 0.29) is 24.2 Å². The number of nitrogens with one attached hydrogen (secondary N) is 2. The molecule has 3 heterocycles.